The maximum Gasteiger partial charge on any atom is 0.326 e. The number of carbonyl (C=O) groups excluding carboxylic acids is 1. The first-order valence-electron chi connectivity index (χ1n) is 6.12. The molecule has 5 heteroatoms. The van der Waals surface area contributed by atoms with Gasteiger partial charge in [0, 0.05) is 6.54 Å². The largest absolute Gasteiger partial charge is 0.480 e. The molecule has 1 aliphatic rings. The number of nitrogens with zero attached hydrogens (tertiary/aromatic N) is 1. The zero-order chi connectivity index (χ0) is 13.0. The van der Waals surface area contributed by atoms with Gasteiger partial charge >= 0.3 is 5.97 Å². The Morgan fingerprint density at radius 2 is 2.12 bits per heavy atom. The molecule has 0 spiro atoms. The van der Waals surface area contributed by atoms with Crippen molar-refractivity contribution in [2.45, 2.75) is 32.7 Å². The molecule has 0 aromatic rings. The Hall–Kier alpha value is -1.10. The smallest absolute Gasteiger partial charge is 0.326 e. The van der Waals surface area contributed by atoms with Gasteiger partial charge in [0.05, 0.1) is 5.92 Å². The molecular formula is C12H22N2O3. The predicted molar refractivity (Wildman–Crippen MR) is 64.6 cm³/mol. The maximum atomic E-state index is 11.9. The third-order valence-electron chi connectivity index (χ3n) is 3.08. The van der Waals surface area contributed by atoms with Crippen LogP contribution in [0, 0.1) is 11.8 Å². The van der Waals surface area contributed by atoms with Crippen molar-refractivity contribution in [3.05, 3.63) is 0 Å². The van der Waals surface area contributed by atoms with Gasteiger partial charge < -0.3 is 15.3 Å². The van der Waals surface area contributed by atoms with E-state index in [9.17, 15) is 9.59 Å². The van der Waals surface area contributed by atoms with E-state index >= 15 is 0 Å². The molecule has 1 heterocycles. The zero-order valence-corrected chi connectivity index (χ0v) is 10.8. The first-order valence-corrected chi connectivity index (χ1v) is 6.12. The summed E-state index contributed by atoms with van der Waals surface area (Å²) in [6.07, 6.45) is 1.29. The molecule has 2 unspecified atom stereocenters. The lowest BCUT2D eigenvalue weighted by molar-refractivity contribution is -0.142. The number of hydrogen-bond acceptors (Lipinski definition) is 3. The lowest BCUT2D eigenvalue weighted by Crippen LogP contribution is -2.44. The van der Waals surface area contributed by atoms with Crippen LogP contribution in [0.2, 0.25) is 0 Å². The summed E-state index contributed by atoms with van der Waals surface area (Å²) in [5.41, 5.74) is 0. The average molecular weight is 242 g/mol. The average Bonchev–Trinajstić information content (AvgIpc) is 2.63. The Kier molecular flexibility index (Phi) is 4.93. The molecule has 0 saturated carbocycles. The van der Waals surface area contributed by atoms with Crippen LogP contribution < -0.4 is 5.32 Å². The van der Waals surface area contributed by atoms with Crippen molar-refractivity contribution < 1.29 is 14.7 Å². The minimum atomic E-state index is -0.946. The predicted octanol–water partition coefficient (Wildman–Crippen LogP) is 0.554. The minimum Gasteiger partial charge on any atom is -0.480 e. The van der Waals surface area contributed by atoms with Gasteiger partial charge in [-0.3, -0.25) is 4.79 Å². The van der Waals surface area contributed by atoms with Crippen LogP contribution in [0.15, 0.2) is 0 Å². The standard InChI is InChI=1S/C12H22N2O3/c1-8(2)6-10(12(16)17)13-11(15)9-4-5-14(3)7-9/h8-10H,4-7H2,1-3H3,(H,13,15)(H,16,17). The first-order chi connectivity index (χ1) is 7.90. The monoisotopic (exact) mass is 242 g/mol. The summed E-state index contributed by atoms with van der Waals surface area (Å²) in [6.45, 7) is 5.52. The number of hydrogen-bond donors (Lipinski definition) is 2. The molecule has 17 heavy (non-hydrogen) atoms. The van der Waals surface area contributed by atoms with Gasteiger partial charge in [-0.15, -0.1) is 0 Å². The van der Waals surface area contributed by atoms with Gasteiger partial charge in [-0.1, -0.05) is 13.8 Å². The van der Waals surface area contributed by atoms with E-state index in [1.54, 1.807) is 0 Å². The van der Waals surface area contributed by atoms with Crippen molar-refractivity contribution >= 4 is 11.9 Å². The van der Waals surface area contributed by atoms with Gasteiger partial charge in [-0.25, -0.2) is 4.79 Å². The van der Waals surface area contributed by atoms with Crippen LogP contribution in [0.3, 0.4) is 0 Å². The quantitative estimate of drug-likeness (QED) is 0.739. The van der Waals surface area contributed by atoms with E-state index < -0.39 is 12.0 Å². The number of carboxylic acids is 1. The summed E-state index contributed by atoms with van der Waals surface area (Å²) < 4.78 is 0. The zero-order valence-electron chi connectivity index (χ0n) is 10.8. The van der Waals surface area contributed by atoms with Gasteiger partial charge in [0.25, 0.3) is 0 Å². The number of amides is 1. The number of rotatable bonds is 5. The number of nitrogens with one attached hydrogen (secondary N) is 1. The van der Waals surface area contributed by atoms with Crippen LogP contribution in [0.5, 0.6) is 0 Å². The Bertz CT molecular complexity index is 291. The fourth-order valence-electron chi connectivity index (χ4n) is 2.13. The van der Waals surface area contributed by atoms with E-state index in [1.807, 2.05) is 20.9 Å². The highest BCUT2D eigenvalue weighted by molar-refractivity contribution is 5.85. The van der Waals surface area contributed by atoms with Crippen LogP contribution in [0.4, 0.5) is 0 Å². The van der Waals surface area contributed by atoms with Gasteiger partial charge in [0.1, 0.15) is 6.04 Å². The highest BCUT2D eigenvalue weighted by Gasteiger charge is 2.29. The van der Waals surface area contributed by atoms with E-state index in [1.165, 1.54) is 0 Å². The fourth-order valence-corrected chi connectivity index (χ4v) is 2.13. The SMILES string of the molecule is CC(C)CC(NC(=O)C1CCN(C)C1)C(=O)O. The summed E-state index contributed by atoms with van der Waals surface area (Å²) in [4.78, 5) is 25.0. The summed E-state index contributed by atoms with van der Waals surface area (Å²) in [5.74, 6) is -0.877. The maximum absolute atomic E-state index is 11.9. The van der Waals surface area contributed by atoms with Crippen molar-refractivity contribution in [1.82, 2.24) is 10.2 Å². The lowest BCUT2D eigenvalue weighted by atomic mass is 10.0. The molecule has 0 bridgehead atoms. The molecule has 1 fully saturated rings. The minimum absolute atomic E-state index is 0.0611. The molecule has 0 aliphatic carbocycles. The summed E-state index contributed by atoms with van der Waals surface area (Å²) in [7, 11) is 1.97. The molecule has 1 saturated heterocycles. The summed E-state index contributed by atoms with van der Waals surface area (Å²) >= 11 is 0. The molecule has 2 N–H and O–H groups in total. The number of aliphatic carboxylic acids is 1. The highest BCUT2D eigenvalue weighted by Crippen LogP contribution is 2.15. The first kappa shape index (κ1) is 14.0. The molecule has 1 amide bonds. The molecule has 0 radical (unpaired) electrons. The van der Waals surface area contributed by atoms with Crippen LogP contribution in [0.1, 0.15) is 26.7 Å². The van der Waals surface area contributed by atoms with Gasteiger partial charge in [0.15, 0.2) is 0 Å². The molecule has 2 atom stereocenters. The van der Waals surface area contributed by atoms with Crippen molar-refractivity contribution in [3.63, 3.8) is 0 Å². The van der Waals surface area contributed by atoms with Crippen LogP contribution in [0.25, 0.3) is 0 Å². The molecule has 1 aliphatic heterocycles. The van der Waals surface area contributed by atoms with E-state index in [0.29, 0.717) is 6.42 Å². The van der Waals surface area contributed by atoms with Gasteiger partial charge in [-0.2, -0.15) is 0 Å². The normalized spacial score (nSPS) is 22.7. The van der Waals surface area contributed by atoms with Crippen molar-refractivity contribution in [1.29, 1.82) is 0 Å². The van der Waals surface area contributed by atoms with Gasteiger partial charge in [0.2, 0.25) is 5.91 Å². The second kappa shape index (κ2) is 6.00. The Morgan fingerprint density at radius 3 is 2.53 bits per heavy atom. The third kappa shape index (κ3) is 4.34. The number of carboxylic acid groups (broad SMARTS) is 1. The Balaban J connectivity index is 2.49. The second-order valence-electron chi connectivity index (χ2n) is 5.28. The van der Waals surface area contributed by atoms with Crippen molar-refractivity contribution in [2.24, 2.45) is 11.8 Å². The molecule has 5 nitrogen and oxygen atoms in total. The topological polar surface area (TPSA) is 69.6 Å². The fraction of sp³-hybridized carbons (Fsp3) is 0.833. The molecule has 98 valence electrons. The summed E-state index contributed by atoms with van der Waals surface area (Å²) in [6, 6.07) is -0.756. The van der Waals surface area contributed by atoms with E-state index in [0.717, 1.165) is 19.5 Å². The van der Waals surface area contributed by atoms with Crippen LogP contribution in [-0.4, -0.2) is 48.1 Å². The third-order valence-corrected chi connectivity index (χ3v) is 3.08. The van der Waals surface area contributed by atoms with Crippen molar-refractivity contribution in [3.8, 4) is 0 Å². The molecule has 1 rings (SSSR count). The Morgan fingerprint density at radius 1 is 1.47 bits per heavy atom. The molecule has 0 aromatic carbocycles. The number of likely N-dealkylation sites (tertiary alicyclic amines) is 1. The van der Waals surface area contributed by atoms with E-state index in [2.05, 4.69) is 10.2 Å². The lowest BCUT2D eigenvalue weighted by Gasteiger charge is -2.18. The van der Waals surface area contributed by atoms with E-state index in [4.69, 9.17) is 5.11 Å². The highest BCUT2D eigenvalue weighted by atomic mass is 16.4. The van der Waals surface area contributed by atoms with E-state index in [-0.39, 0.29) is 17.7 Å². The van der Waals surface area contributed by atoms with Crippen LogP contribution >= 0.6 is 0 Å². The van der Waals surface area contributed by atoms with Crippen LogP contribution in [-0.2, 0) is 9.59 Å². The Labute approximate surface area is 102 Å². The van der Waals surface area contributed by atoms with Crippen molar-refractivity contribution in [2.75, 3.05) is 20.1 Å². The second-order valence-corrected chi connectivity index (χ2v) is 5.28. The van der Waals surface area contributed by atoms with Gasteiger partial charge in [-0.05, 0) is 32.4 Å². The summed E-state index contributed by atoms with van der Waals surface area (Å²) in [5, 5.41) is 11.7. The molecular weight excluding hydrogens is 220 g/mol. The number of carbonyl (C=O) groups is 2. The molecule has 0 aromatic heterocycles.